The molecule has 0 bridgehead atoms. The van der Waals surface area contributed by atoms with Gasteiger partial charge in [-0.25, -0.2) is 0 Å². The number of pyridine rings is 1. The Bertz CT molecular complexity index is 3540. The van der Waals surface area contributed by atoms with E-state index in [0.29, 0.717) is 41.6 Å². The number of Topliss-reactive ketones (excluding diaryl/α,β-unsaturated/α-hetero) is 2. The summed E-state index contributed by atoms with van der Waals surface area (Å²) in [6.45, 7) is 0.245. The Morgan fingerprint density at radius 2 is 1.58 bits per heavy atom. The highest BCUT2D eigenvalue weighted by Crippen LogP contribution is 2.59. The Labute approximate surface area is 476 Å². The van der Waals surface area contributed by atoms with Crippen molar-refractivity contribution in [1.29, 1.82) is 0 Å². The first kappa shape index (κ1) is 59.3. The number of halogens is 2. The standard InChI is InChI=1S/C61H62F2N7O12P/c62-61(63,83(80,81)82)42-23-25-46-40(31-42)30-41(34-65-46)56(75)67-48-24-22-38-18-12-19-39-32-50(70(55(38)39)60(48)79)58(77)66-47(26-28-53(64)73)52(72)33-44(36-14-9-7-10-15-36)51(71)21-11-6-4-2-1-3-5-8-16-37-17-13-20-43-45(37)35-69(59(43)78)49-27-29-54(74)68-57(49)76/h7,9-10,12-15,17-20,23,25,30-31,34,44,47-50H,1-6,11,21-22,24,26-29,32-33,35H2,(H2,64,73)(H,66,77)(H,67,75)(H,68,74,76)(H2,80,81,82)/t44-,47-,48-,49?,50-/m0/s1. The smallest absolute Gasteiger partial charge is 0.370 e. The van der Waals surface area contributed by atoms with E-state index in [4.69, 9.17) is 5.73 Å². The van der Waals surface area contributed by atoms with Crippen molar-refractivity contribution in [3.8, 4) is 11.8 Å². The highest BCUT2D eigenvalue weighted by Gasteiger charge is 2.51. The number of hydrogen-bond acceptors (Lipinski definition) is 11. The van der Waals surface area contributed by atoms with Gasteiger partial charge in [-0.15, -0.1) is 0 Å². The third-order valence-electron chi connectivity index (χ3n) is 15.8. The topological polar surface area (TPSA) is 293 Å². The van der Waals surface area contributed by atoms with E-state index in [1.54, 1.807) is 60.7 Å². The van der Waals surface area contributed by atoms with Crippen LogP contribution in [0.5, 0.6) is 0 Å². The molecule has 19 nitrogen and oxygen atoms in total. The first-order chi connectivity index (χ1) is 39.7. The minimum atomic E-state index is -5.91. The van der Waals surface area contributed by atoms with E-state index in [1.807, 2.05) is 6.07 Å². The van der Waals surface area contributed by atoms with Crippen LogP contribution in [0.1, 0.15) is 150 Å². The van der Waals surface area contributed by atoms with E-state index in [1.165, 1.54) is 15.9 Å². The highest BCUT2D eigenvalue weighted by atomic mass is 31.2. The molecule has 0 saturated carbocycles. The van der Waals surface area contributed by atoms with Gasteiger partial charge in [-0.05, 0) is 91.1 Å². The number of aryl methyl sites for hydroxylation is 1. The van der Waals surface area contributed by atoms with Gasteiger partial charge in [-0.3, -0.25) is 62.9 Å². The quantitative estimate of drug-likeness (QED) is 0.0177. The van der Waals surface area contributed by atoms with Crippen LogP contribution >= 0.6 is 7.60 Å². The Hall–Kier alpha value is -8.31. The summed E-state index contributed by atoms with van der Waals surface area (Å²) in [6, 6.07) is 19.1. The number of piperidine rings is 1. The fourth-order valence-corrected chi connectivity index (χ4v) is 11.9. The number of hydrogen-bond donors (Lipinski definition) is 6. The summed E-state index contributed by atoms with van der Waals surface area (Å²) in [5, 5.41) is 7.78. The van der Waals surface area contributed by atoms with Crippen molar-refractivity contribution in [3.05, 3.63) is 142 Å². The van der Waals surface area contributed by atoms with Crippen molar-refractivity contribution in [2.75, 3.05) is 4.90 Å². The van der Waals surface area contributed by atoms with Crippen molar-refractivity contribution in [1.82, 2.24) is 25.8 Å². The molecule has 22 heteroatoms. The van der Waals surface area contributed by atoms with Crippen LogP contribution < -0.4 is 26.6 Å². The van der Waals surface area contributed by atoms with Gasteiger partial charge in [0.1, 0.15) is 23.9 Å². The lowest BCUT2D eigenvalue weighted by atomic mass is 9.85. The van der Waals surface area contributed by atoms with Gasteiger partial charge < -0.3 is 31.1 Å². The van der Waals surface area contributed by atoms with E-state index < -0.39 is 84.2 Å². The van der Waals surface area contributed by atoms with E-state index in [2.05, 4.69) is 32.8 Å². The maximum absolute atomic E-state index is 14.6. The molecule has 9 rings (SSSR count). The number of anilines is 1. The molecule has 4 aliphatic rings. The number of ketones is 2. The van der Waals surface area contributed by atoms with Gasteiger partial charge in [0.15, 0.2) is 5.78 Å². The molecule has 1 aromatic heterocycles. The van der Waals surface area contributed by atoms with E-state index in [0.717, 1.165) is 73.2 Å². The second-order valence-electron chi connectivity index (χ2n) is 21.5. The molecular formula is C61H62F2N7O12P. The molecule has 4 aromatic carbocycles. The lowest BCUT2D eigenvalue weighted by Gasteiger charge is -2.29. The number of nitrogens with zero attached hydrogens (tertiary/aromatic N) is 3. The zero-order valence-electron chi connectivity index (χ0n) is 45.2. The van der Waals surface area contributed by atoms with Crippen LogP contribution in [0.4, 0.5) is 14.5 Å². The minimum Gasteiger partial charge on any atom is -0.370 e. The lowest BCUT2D eigenvalue weighted by Crippen LogP contribution is -2.56. The Kier molecular flexibility index (Phi) is 18.2. The van der Waals surface area contributed by atoms with Crippen molar-refractivity contribution in [3.63, 3.8) is 0 Å². The molecule has 5 aromatic rings. The van der Waals surface area contributed by atoms with Crippen LogP contribution in [-0.2, 0) is 63.2 Å². The number of carbonyl (C=O) groups excluding carboxylic acids is 9. The number of nitrogens with two attached hydrogens (primary N) is 1. The van der Waals surface area contributed by atoms with Crippen LogP contribution in [-0.4, -0.2) is 96.8 Å². The van der Waals surface area contributed by atoms with Crippen molar-refractivity contribution >= 4 is 77.1 Å². The maximum Gasteiger partial charge on any atom is 0.399 e. The van der Waals surface area contributed by atoms with Gasteiger partial charge >= 0.3 is 13.3 Å². The molecule has 7 N–H and O–H groups in total. The molecule has 7 amide bonds. The molecule has 1 fully saturated rings. The second-order valence-corrected chi connectivity index (χ2v) is 23.1. The fraction of sp³-hybridized carbons (Fsp3) is 0.377. The largest absolute Gasteiger partial charge is 0.399 e. The van der Waals surface area contributed by atoms with Crippen LogP contribution in [0.15, 0.2) is 97.2 Å². The SMILES string of the molecule is NC(=O)CC[C@H](NC(=O)[C@@H]1Cc2cccc3c2N1C(=O)[C@@H](NC(=O)c1cnc2ccc(C(F)(F)P(=O)(O)O)cc2c1)CC3)C(=O)C[C@H](C(=O)CCCCCCCCC#Cc1cccc2c1CN(C1CCC(=O)NC1=O)C2=O)c1ccccc1. The zero-order chi connectivity index (χ0) is 59.2. The molecule has 0 radical (unpaired) electrons. The number of imide groups is 1. The number of unbranched alkanes of at least 4 members (excludes halogenated alkanes) is 6. The summed E-state index contributed by atoms with van der Waals surface area (Å²) in [5.41, 5.74) is 4.54. The number of fused-ring (bicyclic) bond motifs is 2. The number of amides is 7. The number of para-hydroxylation sites is 1. The van der Waals surface area contributed by atoms with Crippen molar-refractivity contribution in [2.45, 2.75) is 145 Å². The molecule has 5 atom stereocenters. The second kappa shape index (κ2) is 25.5. The third-order valence-corrected chi connectivity index (χ3v) is 16.8. The summed E-state index contributed by atoms with van der Waals surface area (Å²) in [7, 11) is -5.91. The number of carbonyl (C=O) groups is 9. The fourth-order valence-electron chi connectivity index (χ4n) is 11.4. The Morgan fingerprint density at radius 1 is 0.843 bits per heavy atom. The summed E-state index contributed by atoms with van der Waals surface area (Å²) < 4.78 is 40.8. The lowest BCUT2D eigenvalue weighted by molar-refractivity contribution is -0.137. The summed E-state index contributed by atoms with van der Waals surface area (Å²) in [4.78, 5) is 147. The molecule has 0 spiro atoms. The third kappa shape index (κ3) is 13.3. The van der Waals surface area contributed by atoms with Crippen LogP contribution in [0.3, 0.4) is 0 Å². The first-order valence-electron chi connectivity index (χ1n) is 27.7. The normalized spacial score (nSPS) is 18.3. The average Bonchev–Trinajstić information content (AvgIpc) is 4.13. The van der Waals surface area contributed by atoms with Crippen molar-refractivity contribution < 1.29 is 66.3 Å². The molecule has 83 heavy (non-hydrogen) atoms. The Balaban J connectivity index is 0.797. The average molecular weight is 1150 g/mol. The molecular weight excluding hydrogens is 1090 g/mol. The molecule has 1 unspecified atom stereocenters. The zero-order valence-corrected chi connectivity index (χ0v) is 46.1. The van der Waals surface area contributed by atoms with Gasteiger partial charge in [-0.2, -0.15) is 8.78 Å². The minimum absolute atomic E-state index is 0.0258. The molecule has 0 aliphatic carbocycles. The summed E-state index contributed by atoms with van der Waals surface area (Å²) in [5.74, 6) is 0.904. The van der Waals surface area contributed by atoms with Crippen molar-refractivity contribution in [2.24, 2.45) is 5.73 Å². The molecule has 4 aliphatic heterocycles. The van der Waals surface area contributed by atoms with Gasteiger partial charge in [0, 0.05) is 79.3 Å². The number of benzene rings is 4. The summed E-state index contributed by atoms with van der Waals surface area (Å²) in [6.07, 6.45) is 6.97. The predicted octanol–water partition coefficient (Wildman–Crippen LogP) is 6.46. The summed E-state index contributed by atoms with van der Waals surface area (Å²) >= 11 is 0. The first-order valence-corrected chi connectivity index (χ1v) is 29.3. The van der Waals surface area contributed by atoms with Gasteiger partial charge in [0.05, 0.1) is 22.8 Å². The number of rotatable bonds is 23. The monoisotopic (exact) mass is 1150 g/mol. The maximum atomic E-state index is 14.6. The van der Waals surface area contributed by atoms with Crippen LogP contribution in [0, 0.1) is 11.8 Å². The number of nitrogens with one attached hydrogen (secondary N) is 3. The molecule has 1 saturated heterocycles. The molecule has 5 heterocycles. The van der Waals surface area contributed by atoms with Crippen LogP contribution in [0.2, 0.25) is 0 Å². The van der Waals surface area contributed by atoms with E-state index in [9.17, 15) is 66.3 Å². The van der Waals surface area contributed by atoms with E-state index in [-0.39, 0.29) is 92.0 Å². The number of alkyl halides is 2. The molecule has 432 valence electrons. The predicted molar refractivity (Wildman–Crippen MR) is 299 cm³/mol. The number of aromatic nitrogens is 1. The van der Waals surface area contributed by atoms with Gasteiger partial charge in [0.25, 0.3) is 11.8 Å². The van der Waals surface area contributed by atoms with Gasteiger partial charge in [-0.1, -0.05) is 98.2 Å². The van der Waals surface area contributed by atoms with E-state index >= 15 is 0 Å². The van der Waals surface area contributed by atoms with Crippen LogP contribution in [0.25, 0.3) is 10.9 Å². The number of primary amides is 1. The highest BCUT2D eigenvalue weighted by molar-refractivity contribution is 7.52. The van der Waals surface area contributed by atoms with Gasteiger partial charge in [0.2, 0.25) is 29.5 Å². The Morgan fingerprint density at radius 3 is 2.33 bits per heavy atom.